The number of para-hydroxylation sites is 1. The number of fused-ring (bicyclic) bond motifs is 3. The molecule has 6 heteroatoms. The predicted molar refractivity (Wildman–Crippen MR) is 74.9 cm³/mol. The summed E-state index contributed by atoms with van der Waals surface area (Å²) in [5.41, 5.74) is -1.53. The van der Waals surface area contributed by atoms with Gasteiger partial charge in [-0.25, -0.2) is 9.59 Å². The van der Waals surface area contributed by atoms with E-state index in [2.05, 4.69) is 0 Å². The minimum atomic E-state index is -0.985. The maximum absolute atomic E-state index is 12.1. The number of ketones is 1. The van der Waals surface area contributed by atoms with Gasteiger partial charge in [0, 0.05) is 0 Å². The quantitative estimate of drug-likeness (QED) is 0.418. The molecule has 0 saturated carbocycles. The number of aryl methyl sites for hydroxylation is 1. The van der Waals surface area contributed by atoms with Gasteiger partial charge in [0.2, 0.25) is 0 Å². The topological polar surface area (TPSA) is 97.7 Å². The first-order valence-corrected chi connectivity index (χ1v) is 6.15. The number of carbonyl (C=O) groups excluding carboxylic acids is 1. The lowest BCUT2D eigenvalue weighted by atomic mass is 10.1. The molecule has 3 aromatic rings. The van der Waals surface area contributed by atoms with Gasteiger partial charge in [-0.3, -0.25) is 4.79 Å². The normalized spacial score (nSPS) is 11.1. The summed E-state index contributed by atoms with van der Waals surface area (Å²) in [6, 6.07) is 5.04. The average molecular weight is 286 g/mol. The Kier molecular flexibility index (Phi) is 2.69. The SMILES string of the molecule is CC(=O)c1c(O)c2c(=O)oc3c(C)cccc3c2oc1=O. The Balaban J connectivity index is 2.69. The highest BCUT2D eigenvalue weighted by Crippen LogP contribution is 2.30. The Morgan fingerprint density at radius 1 is 1.10 bits per heavy atom. The van der Waals surface area contributed by atoms with E-state index < -0.39 is 28.3 Å². The van der Waals surface area contributed by atoms with Crippen LogP contribution in [0.3, 0.4) is 0 Å². The number of Topliss-reactive ketones (excluding diaryl/α,β-unsaturated/α-hetero) is 1. The van der Waals surface area contributed by atoms with Gasteiger partial charge in [-0.15, -0.1) is 0 Å². The molecule has 0 aliphatic rings. The van der Waals surface area contributed by atoms with E-state index in [9.17, 15) is 19.5 Å². The van der Waals surface area contributed by atoms with Crippen LogP contribution in [0.2, 0.25) is 0 Å². The van der Waals surface area contributed by atoms with Crippen LogP contribution in [0, 0.1) is 6.92 Å². The van der Waals surface area contributed by atoms with Gasteiger partial charge < -0.3 is 13.9 Å². The van der Waals surface area contributed by atoms with Gasteiger partial charge in [0.05, 0.1) is 5.39 Å². The van der Waals surface area contributed by atoms with E-state index in [0.717, 1.165) is 6.92 Å². The van der Waals surface area contributed by atoms with Crippen molar-refractivity contribution in [1.29, 1.82) is 0 Å². The summed E-state index contributed by atoms with van der Waals surface area (Å²) >= 11 is 0. The van der Waals surface area contributed by atoms with E-state index in [1.54, 1.807) is 25.1 Å². The van der Waals surface area contributed by atoms with Crippen LogP contribution in [0.1, 0.15) is 22.8 Å². The van der Waals surface area contributed by atoms with Crippen molar-refractivity contribution in [2.24, 2.45) is 0 Å². The van der Waals surface area contributed by atoms with Gasteiger partial charge in [-0.2, -0.15) is 0 Å². The number of carbonyl (C=O) groups is 1. The molecule has 2 heterocycles. The third-order valence-electron chi connectivity index (χ3n) is 3.31. The molecule has 0 amide bonds. The van der Waals surface area contributed by atoms with E-state index in [1.165, 1.54) is 0 Å². The second kappa shape index (κ2) is 4.31. The molecule has 0 spiro atoms. The van der Waals surface area contributed by atoms with Crippen LogP contribution in [-0.2, 0) is 0 Å². The van der Waals surface area contributed by atoms with E-state index >= 15 is 0 Å². The molecule has 0 saturated heterocycles. The van der Waals surface area contributed by atoms with E-state index in [1.807, 2.05) is 0 Å². The van der Waals surface area contributed by atoms with Crippen LogP contribution >= 0.6 is 0 Å². The fourth-order valence-corrected chi connectivity index (χ4v) is 2.32. The summed E-state index contributed by atoms with van der Waals surface area (Å²) < 4.78 is 10.3. The van der Waals surface area contributed by atoms with Crippen LogP contribution in [0.25, 0.3) is 21.9 Å². The van der Waals surface area contributed by atoms with Crippen LogP contribution in [0.5, 0.6) is 5.75 Å². The Labute approximate surface area is 117 Å². The molecule has 6 nitrogen and oxygen atoms in total. The number of rotatable bonds is 1. The fourth-order valence-electron chi connectivity index (χ4n) is 2.32. The first-order chi connectivity index (χ1) is 9.91. The standard InChI is InChI=1S/C15H10O6/c1-6-4-3-5-8-12(6)20-15(19)10-11(17)9(7(2)16)14(18)21-13(8)10/h3-5,17H,1-2H3. The van der Waals surface area contributed by atoms with Gasteiger partial charge in [-0.05, 0) is 25.5 Å². The monoisotopic (exact) mass is 286 g/mol. The lowest BCUT2D eigenvalue weighted by Crippen LogP contribution is -2.14. The predicted octanol–water partition coefficient (Wildman–Crippen LogP) is 2.12. The fraction of sp³-hybridized carbons (Fsp3) is 0.133. The third kappa shape index (κ3) is 1.76. The Bertz CT molecular complexity index is 1020. The lowest BCUT2D eigenvalue weighted by Gasteiger charge is -2.06. The first-order valence-electron chi connectivity index (χ1n) is 6.15. The minimum Gasteiger partial charge on any atom is -0.506 e. The second-order valence-corrected chi connectivity index (χ2v) is 4.71. The molecule has 0 unspecified atom stereocenters. The molecule has 0 fully saturated rings. The van der Waals surface area contributed by atoms with E-state index in [-0.39, 0.29) is 16.6 Å². The number of aromatic hydroxyl groups is 1. The van der Waals surface area contributed by atoms with Crippen molar-refractivity contribution >= 4 is 27.7 Å². The lowest BCUT2D eigenvalue weighted by molar-refractivity contribution is 0.101. The Hall–Kier alpha value is -2.89. The number of hydrogen-bond acceptors (Lipinski definition) is 6. The molecule has 2 aromatic heterocycles. The van der Waals surface area contributed by atoms with E-state index in [0.29, 0.717) is 10.9 Å². The van der Waals surface area contributed by atoms with Gasteiger partial charge in [-0.1, -0.05) is 12.1 Å². The highest BCUT2D eigenvalue weighted by Gasteiger charge is 2.22. The Morgan fingerprint density at radius 2 is 1.76 bits per heavy atom. The van der Waals surface area contributed by atoms with Crippen LogP contribution in [0.15, 0.2) is 36.6 Å². The molecule has 0 aliphatic heterocycles. The minimum absolute atomic E-state index is 0.0857. The molecule has 0 aliphatic carbocycles. The maximum Gasteiger partial charge on any atom is 0.351 e. The van der Waals surface area contributed by atoms with Crippen LogP contribution < -0.4 is 11.3 Å². The largest absolute Gasteiger partial charge is 0.506 e. The summed E-state index contributed by atoms with van der Waals surface area (Å²) in [6.45, 7) is 2.84. The molecule has 106 valence electrons. The Morgan fingerprint density at radius 3 is 2.43 bits per heavy atom. The molecule has 0 radical (unpaired) electrons. The maximum atomic E-state index is 12.1. The van der Waals surface area contributed by atoms with Gasteiger partial charge >= 0.3 is 11.3 Å². The second-order valence-electron chi connectivity index (χ2n) is 4.71. The van der Waals surface area contributed by atoms with Crippen molar-refractivity contribution in [2.75, 3.05) is 0 Å². The molecule has 3 rings (SSSR count). The van der Waals surface area contributed by atoms with Gasteiger partial charge in [0.1, 0.15) is 16.5 Å². The number of hydrogen-bond donors (Lipinski definition) is 1. The molecule has 0 atom stereocenters. The van der Waals surface area contributed by atoms with Crippen molar-refractivity contribution in [3.63, 3.8) is 0 Å². The van der Waals surface area contributed by atoms with Crippen molar-refractivity contribution in [3.8, 4) is 5.75 Å². The highest BCUT2D eigenvalue weighted by atomic mass is 16.4. The molecule has 21 heavy (non-hydrogen) atoms. The van der Waals surface area contributed by atoms with Gasteiger partial charge in [0.15, 0.2) is 17.1 Å². The number of benzene rings is 1. The van der Waals surface area contributed by atoms with Crippen molar-refractivity contribution in [2.45, 2.75) is 13.8 Å². The third-order valence-corrected chi connectivity index (χ3v) is 3.31. The molecular formula is C15H10O6. The highest BCUT2D eigenvalue weighted by molar-refractivity contribution is 6.07. The first kappa shape index (κ1) is 13.1. The molecule has 1 N–H and O–H groups in total. The van der Waals surface area contributed by atoms with Crippen LogP contribution in [-0.4, -0.2) is 10.9 Å². The summed E-state index contributed by atoms with van der Waals surface area (Å²) in [6.07, 6.45) is 0. The smallest absolute Gasteiger partial charge is 0.351 e. The van der Waals surface area contributed by atoms with E-state index in [4.69, 9.17) is 8.83 Å². The van der Waals surface area contributed by atoms with Gasteiger partial charge in [0.25, 0.3) is 0 Å². The zero-order valence-corrected chi connectivity index (χ0v) is 11.2. The van der Waals surface area contributed by atoms with Crippen molar-refractivity contribution in [1.82, 2.24) is 0 Å². The molecular weight excluding hydrogens is 276 g/mol. The molecule has 1 aromatic carbocycles. The molecule has 0 bridgehead atoms. The summed E-state index contributed by atoms with van der Waals surface area (Å²) in [7, 11) is 0. The van der Waals surface area contributed by atoms with Crippen LogP contribution in [0.4, 0.5) is 0 Å². The summed E-state index contributed by atoms with van der Waals surface area (Å²) in [5, 5.41) is 10.1. The zero-order chi connectivity index (χ0) is 15.3. The van der Waals surface area contributed by atoms with Crippen molar-refractivity contribution in [3.05, 3.63) is 50.2 Å². The zero-order valence-electron chi connectivity index (χ0n) is 11.2. The van der Waals surface area contributed by atoms with Crippen molar-refractivity contribution < 1.29 is 18.7 Å². The average Bonchev–Trinajstić information content (AvgIpc) is 2.39. The summed E-state index contributed by atoms with van der Waals surface area (Å²) in [5.74, 6) is -1.39. The summed E-state index contributed by atoms with van der Waals surface area (Å²) in [4.78, 5) is 35.3.